The Morgan fingerprint density at radius 3 is 2.44 bits per heavy atom. The topological polar surface area (TPSA) is 134 Å². The van der Waals surface area contributed by atoms with E-state index in [-0.39, 0.29) is 29.2 Å². The highest BCUT2D eigenvalue weighted by atomic mass is 16.4. The zero-order valence-corrected chi connectivity index (χ0v) is 15.4. The maximum absolute atomic E-state index is 12.5. The van der Waals surface area contributed by atoms with Crippen LogP contribution < -0.4 is 10.6 Å². The minimum Gasteiger partial charge on any atom is -0.480 e. The molecule has 2 aromatic heterocycles. The molecule has 144 valence electrons. The molecule has 9 nitrogen and oxygen atoms in total. The van der Waals surface area contributed by atoms with Crippen molar-refractivity contribution in [3.05, 3.63) is 47.4 Å². The van der Waals surface area contributed by atoms with E-state index in [4.69, 9.17) is 9.52 Å². The smallest absolute Gasteiger partial charge is 0.322 e. The third kappa shape index (κ3) is 5.63. The fourth-order valence-corrected chi connectivity index (χ4v) is 2.45. The van der Waals surface area contributed by atoms with Crippen molar-refractivity contribution in [2.45, 2.75) is 33.2 Å². The van der Waals surface area contributed by atoms with Crippen LogP contribution in [-0.2, 0) is 4.79 Å². The van der Waals surface area contributed by atoms with Crippen LogP contribution in [0.25, 0.3) is 0 Å². The van der Waals surface area contributed by atoms with Gasteiger partial charge in [0, 0.05) is 18.0 Å². The van der Waals surface area contributed by atoms with Gasteiger partial charge in [0.05, 0.1) is 0 Å². The molecule has 2 heterocycles. The molecule has 1 atom stereocenters. The molecular weight excluding hydrogens is 352 g/mol. The van der Waals surface area contributed by atoms with E-state index in [1.807, 2.05) is 13.8 Å². The standard InChI is InChI=1S/C18H22N4O5/c1-10(2)8-13(21-16(25)12-4-6-19-7-5-12)18-22-15(11(3)27-18)17(26)20-9-14(23)24/h4-7,10,13H,8-9H2,1-3H3,(H,20,26)(H,21,25)(H,23,24)/t13-/m0/s1. The van der Waals surface area contributed by atoms with Gasteiger partial charge in [0.15, 0.2) is 5.69 Å². The van der Waals surface area contributed by atoms with E-state index in [0.29, 0.717) is 12.0 Å². The number of carboxylic acids is 1. The molecule has 0 spiro atoms. The number of hydrogen-bond acceptors (Lipinski definition) is 6. The van der Waals surface area contributed by atoms with Crippen molar-refractivity contribution in [2.24, 2.45) is 5.92 Å². The summed E-state index contributed by atoms with van der Waals surface area (Å²) < 4.78 is 5.60. The molecule has 0 aliphatic rings. The van der Waals surface area contributed by atoms with Crippen molar-refractivity contribution >= 4 is 17.8 Å². The van der Waals surface area contributed by atoms with Crippen LogP contribution in [0.2, 0.25) is 0 Å². The van der Waals surface area contributed by atoms with E-state index >= 15 is 0 Å². The van der Waals surface area contributed by atoms with Gasteiger partial charge in [-0.25, -0.2) is 4.98 Å². The second kappa shape index (κ2) is 8.93. The Hall–Kier alpha value is -3.23. The minimum atomic E-state index is -1.16. The summed E-state index contributed by atoms with van der Waals surface area (Å²) in [5.74, 6) is -1.44. The summed E-state index contributed by atoms with van der Waals surface area (Å²) in [6, 6.07) is 2.64. The average molecular weight is 374 g/mol. The van der Waals surface area contributed by atoms with Crippen molar-refractivity contribution < 1.29 is 23.9 Å². The zero-order valence-electron chi connectivity index (χ0n) is 15.4. The van der Waals surface area contributed by atoms with Gasteiger partial charge in [-0.15, -0.1) is 0 Å². The Kier molecular flexibility index (Phi) is 6.64. The SMILES string of the molecule is Cc1oc([C@H](CC(C)C)NC(=O)c2ccncc2)nc1C(=O)NCC(=O)O. The minimum absolute atomic E-state index is 0.00170. The number of carboxylic acid groups (broad SMARTS) is 1. The first kappa shape index (κ1) is 20.1. The molecule has 27 heavy (non-hydrogen) atoms. The van der Waals surface area contributed by atoms with Crippen LogP contribution in [0.3, 0.4) is 0 Å². The average Bonchev–Trinajstić information content (AvgIpc) is 3.01. The molecule has 2 aromatic rings. The fraction of sp³-hybridized carbons (Fsp3) is 0.389. The number of nitrogens with one attached hydrogen (secondary N) is 2. The molecule has 0 saturated carbocycles. The molecule has 2 amide bonds. The summed E-state index contributed by atoms with van der Waals surface area (Å²) in [4.78, 5) is 43.2. The Bertz CT molecular complexity index is 816. The predicted octanol–water partition coefficient (Wildman–Crippen LogP) is 1.71. The molecule has 0 aromatic carbocycles. The van der Waals surface area contributed by atoms with E-state index in [9.17, 15) is 14.4 Å². The third-order valence-corrected chi connectivity index (χ3v) is 3.68. The van der Waals surface area contributed by atoms with Crippen LogP contribution in [0, 0.1) is 12.8 Å². The second-order valence-electron chi connectivity index (χ2n) is 6.42. The molecule has 9 heteroatoms. The van der Waals surface area contributed by atoms with Crippen molar-refractivity contribution in [3.63, 3.8) is 0 Å². The van der Waals surface area contributed by atoms with Crippen molar-refractivity contribution in [2.75, 3.05) is 6.54 Å². The molecule has 2 rings (SSSR count). The van der Waals surface area contributed by atoms with Gasteiger partial charge in [-0.05, 0) is 31.4 Å². The van der Waals surface area contributed by atoms with E-state index in [0.717, 1.165) is 0 Å². The largest absolute Gasteiger partial charge is 0.480 e. The number of carbonyl (C=O) groups excluding carboxylic acids is 2. The maximum atomic E-state index is 12.5. The first-order valence-electron chi connectivity index (χ1n) is 8.46. The third-order valence-electron chi connectivity index (χ3n) is 3.68. The molecule has 0 fully saturated rings. The molecule has 0 radical (unpaired) electrons. The van der Waals surface area contributed by atoms with Gasteiger partial charge < -0.3 is 20.2 Å². The van der Waals surface area contributed by atoms with E-state index in [1.54, 1.807) is 19.1 Å². The lowest BCUT2D eigenvalue weighted by Gasteiger charge is -2.17. The number of aryl methyl sites for hydroxylation is 1. The lowest BCUT2D eigenvalue weighted by molar-refractivity contribution is -0.135. The molecule has 0 saturated heterocycles. The normalized spacial score (nSPS) is 11.9. The number of pyridine rings is 1. The number of oxazole rings is 1. The first-order valence-corrected chi connectivity index (χ1v) is 8.46. The van der Waals surface area contributed by atoms with Crippen LogP contribution in [0.1, 0.15) is 58.8 Å². The highest BCUT2D eigenvalue weighted by Crippen LogP contribution is 2.23. The Labute approximate surface area is 156 Å². The van der Waals surface area contributed by atoms with Crippen LogP contribution in [0.15, 0.2) is 28.9 Å². The van der Waals surface area contributed by atoms with Crippen LogP contribution in [0.5, 0.6) is 0 Å². The number of aromatic nitrogens is 2. The van der Waals surface area contributed by atoms with Gasteiger partial charge in [0.25, 0.3) is 11.8 Å². The quantitative estimate of drug-likeness (QED) is 0.640. The predicted molar refractivity (Wildman–Crippen MR) is 95.1 cm³/mol. The molecule has 0 bridgehead atoms. The van der Waals surface area contributed by atoms with Crippen LogP contribution in [0.4, 0.5) is 0 Å². The molecule has 3 N–H and O–H groups in total. The summed E-state index contributed by atoms with van der Waals surface area (Å²) in [6.07, 6.45) is 3.59. The Morgan fingerprint density at radius 2 is 1.85 bits per heavy atom. The summed E-state index contributed by atoms with van der Waals surface area (Å²) in [5.41, 5.74) is 0.444. The molecule has 0 aliphatic carbocycles. The summed E-state index contributed by atoms with van der Waals surface area (Å²) in [5, 5.41) is 13.8. The fourth-order valence-electron chi connectivity index (χ4n) is 2.45. The monoisotopic (exact) mass is 374 g/mol. The highest BCUT2D eigenvalue weighted by Gasteiger charge is 2.25. The van der Waals surface area contributed by atoms with Gasteiger partial charge in [0.2, 0.25) is 5.89 Å². The van der Waals surface area contributed by atoms with Crippen molar-refractivity contribution in [3.8, 4) is 0 Å². The van der Waals surface area contributed by atoms with Crippen molar-refractivity contribution in [1.29, 1.82) is 0 Å². The number of rotatable bonds is 8. The van der Waals surface area contributed by atoms with Crippen LogP contribution >= 0.6 is 0 Å². The maximum Gasteiger partial charge on any atom is 0.322 e. The highest BCUT2D eigenvalue weighted by molar-refractivity contribution is 5.95. The molecular formula is C18H22N4O5. The van der Waals surface area contributed by atoms with E-state index in [1.165, 1.54) is 12.4 Å². The first-order chi connectivity index (χ1) is 12.8. The van der Waals surface area contributed by atoms with Gasteiger partial charge in [-0.3, -0.25) is 19.4 Å². The molecule has 0 unspecified atom stereocenters. The Morgan fingerprint density at radius 1 is 1.19 bits per heavy atom. The van der Waals surface area contributed by atoms with E-state index < -0.39 is 24.5 Å². The lowest BCUT2D eigenvalue weighted by Crippen LogP contribution is -2.31. The van der Waals surface area contributed by atoms with Gasteiger partial charge >= 0.3 is 5.97 Å². The zero-order chi connectivity index (χ0) is 20.0. The number of amides is 2. The van der Waals surface area contributed by atoms with Crippen molar-refractivity contribution in [1.82, 2.24) is 20.6 Å². The summed E-state index contributed by atoms with van der Waals surface area (Å²) in [6.45, 7) is 5.02. The van der Waals surface area contributed by atoms with Gasteiger partial charge in [0.1, 0.15) is 18.3 Å². The lowest BCUT2D eigenvalue weighted by atomic mass is 10.0. The number of aliphatic carboxylic acids is 1. The number of carbonyl (C=O) groups is 3. The van der Waals surface area contributed by atoms with Gasteiger partial charge in [-0.2, -0.15) is 0 Å². The summed E-state index contributed by atoms with van der Waals surface area (Å²) in [7, 11) is 0. The van der Waals surface area contributed by atoms with Crippen LogP contribution in [-0.4, -0.2) is 39.4 Å². The molecule has 0 aliphatic heterocycles. The number of nitrogens with zero attached hydrogens (tertiary/aromatic N) is 2. The Balaban J connectivity index is 2.21. The van der Waals surface area contributed by atoms with E-state index in [2.05, 4.69) is 20.6 Å². The van der Waals surface area contributed by atoms with Gasteiger partial charge in [-0.1, -0.05) is 13.8 Å². The summed E-state index contributed by atoms with van der Waals surface area (Å²) >= 11 is 0. The number of hydrogen-bond donors (Lipinski definition) is 3. The second-order valence-corrected chi connectivity index (χ2v) is 6.42.